The van der Waals surface area contributed by atoms with Crippen molar-refractivity contribution >= 4 is 11.8 Å². The number of nitrogens with one attached hydrogen (secondary N) is 1. The molecular weight excluding hydrogens is 226 g/mol. The molecule has 1 saturated carbocycles. The van der Waals surface area contributed by atoms with Crippen molar-refractivity contribution in [2.24, 2.45) is 5.41 Å². The van der Waals surface area contributed by atoms with Crippen LogP contribution in [-0.4, -0.2) is 18.8 Å². The molecule has 1 fully saturated rings. The van der Waals surface area contributed by atoms with E-state index in [1.54, 1.807) is 5.56 Å². The van der Waals surface area contributed by atoms with Crippen molar-refractivity contribution in [2.75, 3.05) is 18.8 Å². The van der Waals surface area contributed by atoms with Crippen LogP contribution >= 0.6 is 11.8 Å². The number of hydrogen-bond donors (Lipinski definition) is 1. The van der Waals surface area contributed by atoms with E-state index >= 15 is 0 Å². The molecule has 1 N–H and O–H groups in total. The Morgan fingerprint density at radius 3 is 2.94 bits per heavy atom. The molecular formula is C15H21NS. The van der Waals surface area contributed by atoms with E-state index < -0.39 is 0 Å². The Hall–Kier alpha value is -0.470. The Kier molecular flexibility index (Phi) is 3.18. The topological polar surface area (TPSA) is 12.0 Å². The third-order valence-corrected chi connectivity index (χ3v) is 5.55. The van der Waals surface area contributed by atoms with Crippen molar-refractivity contribution in [2.45, 2.75) is 37.0 Å². The number of benzene rings is 1. The molecule has 0 aromatic heterocycles. The van der Waals surface area contributed by atoms with E-state index in [1.807, 2.05) is 11.8 Å². The first-order valence-electron chi connectivity index (χ1n) is 6.69. The predicted octanol–water partition coefficient (Wildman–Crippen LogP) is 3.66. The molecule has 1 unspecified atom stereocenters. The van der Waals surface area contributed by atoms with Gasteiger partial charge in [0.2, 0.25) is 0 Å². The molecule has 17 heavy (non-hydrogen) atoms. The predicted molar refractivity (Wildman–Crippen MR) is 74.7 cm³/mol. The van der Waals surface area contributed by atoms with Crippen LogP contribution < -0.4 is 5.32 Å². The summed E-state index contributed by atoms with van der Waals surface area (Å²) < 4.78 is 0. The van der Waals surface area contributed by atoms with Crippen LogP contribution in [0.25, 0.3) is 0 Å². The molecule has 92 valence electrons. The van der Waals surface area contributed by atoms with Crippen LogP contribution in [-0.2, 0) is 0 Å². The van der Waals surface area contributed by atoms with Crippen LogP contribution in [0.2, 0.25) is 0 Å². The van der Waals surface area contributed by atoms with Gasteiger partial charge in [0.1, 0.15) is 0 Å². The summed E-state index contributed by atoms with van der Waals surface area (Å²) in [7, 11) is 0. The van der Waals surface area contributed by atoms with Crippen molar-refractivity contribution in [1.82, 2.24) is 5.32 Å². The molecule has 0 amide bonds. The van der Waals surface area contributed by atoms with Gasteiger partial charge in [0.25, 0.3) is 0 Å². The number of thioether (sulfide) groups is 1. The molecule has 1 atom stereocenters. The largest absolute Gasteiger partial charge is 0.316 e. The minimum absolute atomic E-state index is 0.602. The van der Waals surface area contributed by atoms with Crippen LogP contribution in [0.15, 0.2) is 29.2 Å². The van der Waals surface area contributed by atoms with Gasteiger partial charge in [-0.25, -0.2) is 0 Å². The van der Waals surface area contributed by atoms with E-state index in [0.717, 1.165) is 12.5 Å². The number of hydrogen-bond acceptors (Lipinski definition) is 2. The molecule has 1 aromatic rings. The summed E-state index contributed by atoms with van der Waals surface area (Å²) in [6.45, 7) is 4.77. The molecule has 0 spiro atoms. The van der Waals surface area contributed by atoms with Gasteiger partial charge in [0.15, 0.2) is 0 Å². The quantitative estimate of drug-likeness (QED) is 0.871. The second-order valence-corrected chi connectivity index (χ2v) is 6.90. The van der Waals surface area contributed by atoms with E-state index in [-0.39, 0.29) is 0 Å². The van der Waals surface area contributed by atoms with Crippen molar-refractivity contribution in [3.63, 3.8) is 0 Å². The summed E-state index contributed by atoms with van der Waals surface area (Å²) >= 11 is 2.01. The maximum absolute atomic E-state index is 3.70. The molecule has 1 heterocycles. The maximum atomic E-state index is 3.70. The maximum Gasteiger partial charge on any atom is 0.0108 e. The second-order valence-electron chi connectivity index (χ2n) is 5.84. The zero-order valence-electron chi connectivity index (χ0n) is 10.5. The Morgan fingerprint density at radius 2 is 2.18 bits per heavy atom. The van der Waals surface area contributed by atoms with Crippen molar-refractivity contribution < 1.29 is 0 Å². The van der Waals surface area contributed by atoms with Gasteiger partial charge in [-0.1, -0.05) is 31.5 Å². The fourth-order valence-electron chi connectivity index (χ4n) is 2.90. The fourth-order valence-corrected chi connectivity index (χ4v) is 4.16. The van der Waals surface area contributed by atoms with Gasteiger partial charge in [-0.05, 0) is 29.9 Å². The zero-order valence-corrected chi connectivity index (χ0v) is 11.4. The molecule has 1 aliphatic carbocycles. The summed E-state index contributed by atoms with van der Waals surface area (Å²) in [6.07, 6.45) is 4.26. The summed E-state index contributed by atoms with van der Waals surface area (Å²) in [5.41, 5.74) is 2.16. The van der Waals surface area contributed by atoms with E-state index in [4.69, 9.17) is 0 Å². The Morgan fingerprint density at radius 1 is 1.35 bits per heavy atom. The monoisotopic (exact) mass is 247 g/mol. The van der Waals surface area contributed by atoms with Gasteiger partial charge in [0, 0.05) is 29.7 Å². The molecule has 0 bridgehead atoms. The molecule has 2 heteroatoms. The SMILES string of the molecule is CC1(CNCC2CSc3ccccc32)CCC1. The van der Waals surface area contributed by atoms with E-state index in [2.05, 4.69) is 36.5 Å². The van der Waals surface area contributed by atoms with Crippen molar-refractivity contribution in [3.8, 4) is 0 Å². The molecule has 2 aliphatic rings. The smallest absolute Gasteiger partial charge is 0.0108 e. The van der Waals surface area contributed by atoms with Gasteiger partial charge in [-0.15, -0.1) is 11.8 Å². The number of rotatable bonds is 4. The molecule has 3 rings (SSSR count). The van der Waals surface area contributed by atoms with Gasteiger partial charge in [-0.2, -0.15) is 0 Å². The van der Waals surface area contributed by atoms with Crippen LogP contribution in [0.5, 0.6) is 0 Å². The lowest BCUT2D eigenvalue weighted by atomic mass is 9.70. The van der Waals surface area contributed by atoms with Gasteiger partial charge in [0.05, 0.1) is 0 Å². The Balaban J connectivity index is 1.53. The van der Waals surface area contributed by atoms with E-state index in [0.29, 0.717) is 5.41 Å². The first-order chi connectivity index (χ1) is 8.27. The molecule has 1 aliphatic heterocycles. The molecule has 1 aromatic carbocycles. The lowest BCUT2D eigenvalue weighted by molar-refractivity contribution is 0.156. The minimum Gasteiger partial charge on any atom is -0.316 e. The average molecular weight is 247 g/mol. The summed E-state index contributed by atoms with van der Waals surface area (Å²) in [5, 5.41) is 3.70. The minimum atomic E-state index is 0.602. The highest BCUT2D eigenvalue weighted by Crippen LogP contribution is 2.41. The molecule has 0 saturated heterocycles. The summed E-state index contributed by atoms with van der Waals surface area (Å²) in [5.74, 6) is 1.98. The Labute approximate surface area is 108 Å². The Bertz CT molecular complexity index is 398. The summed E-state index contributed by atoms with van der Waals surface area (Å²) in [4.78, 5) is 1.49. The van der Waals surface area contributed by atoms with Crippen molar-refractivity contribution in [3.05, 3.63) is 29.8 Å². The molecule has 0 radical (unpaired) electrons. The highest BCUT2D eigenvalue weighted by atomic mass is 32.2. The standard InChI is InChI=1S/C15H21NS/c1-15(7-4-8-15)11-16-9-12-10-17-14-6-3-2-5-13(12)14/h2-3,5-6,12,16H,4,7-11H2,1H3. The average Bonchev–Trinajstić information content (AvgIpc) is 2.71. The summed E-state index contributed by atoms with van der Waals surface area (Å²) in [6, 6.07) is 8.88. The van der Waals surface area contributed by atoms with E-state index in [1.165, 1.54) is 36.5 Å². The van der Waals surface area contributed by atoms with Crippen LogP contribution in [0.4, 0.5) is 0 Å². The van der Waals surface area contributed by atoms with Gasteiger partial charge >= 0.3 is 0 Å². The highest BCUT2D eigenvalue weighted by molar-refractivity contribution is 7.99. The van der Waals surface area contributed by atoms with Gasteiger partial charge < -0.3 is 5.32 Å². The van der Waals surface area contributed by atoms with Crippen LogP contribution in [0, 0.1) is 5.41 Å². The van der Waals surface area contributed by atoms with Crippen LogP contribution in [0.3, 0.4) is 0 Å². The second kappa shape index (κ2) is 4.66. The third kappa shape index (κ3) is 2.38. The fraction of sp³-hybridized carbons (Fsp3) is 0.600. The zero-order chi connectivity index (χ0) is 11.7. The normalized spacial score (nSPS) is 25.4. The first kappa shape index (κ1) is 11.6. The number of fused-ring (bicyclic) bond motifs is 1. The first-order valence-corrected chi connectivity index (χ1v) is 7.68. The van der Waals surface area contributed by atoms with E-state index in [9.17, 15) is 0 Å². The van der Waals surface area contributed by atoms with Crippen LogP contribution in [0.1, 0.15) is 37.7 Å². The lowest BCUT2D eigenvalue weighted by Crippen LogP contribution is -2.38. The van der Waals surface area contributed by atoms with Crippen molar-refractivity contribution in [1.29, 1.82) is 0 Å². The lowest BCUT2D eigenvalue weighted by Gasteiger charge is -2.38. The highest BCUT2D eigenvalue weighted by Gasteiger charge is 2.31. The third-order valence-electron chi connectivity index (χ3n) is 4.30. The van der Waals surface area contributed by atoms with Gasteiger partial charge in [-0.3, -0.25) is 0 Å². The molecule has 1 nitrogen and oxygen atoms in total.